The topological polar surface area (TPSA) is 9.23 Å². The van der Waals surface area contributed by atoms with E-state index in [0.717, 1.165) is 12.1 Å². The van der Waals surface area contributed by atoms with Gasteiger partial charge in [0.25, 0.3) is 0 Å². The van der Waals surface area contributed by atoms with Crippen LogP contribution in [0.25, 0.3) is 0 Å². The second-order valence-corrected chi connectivity index (χ2v) is 4.94. The van der Waals surface area contributed by atoms with Crippen molar-refractivity contribution in [1.29, 1.82) is 0 Å². The third-order valence-electron chi connectivity index (χ3n) is 2.43. The summed E-state index contributed by atoms with van der Waals surface area (Å²) in [6.07, 6.45) is -10.8. The van der Waals surface area contributed by atoms with E-state index in [1.54, 1.807) is 0 Å². The Balaban J connectivity index is 3.15. The first-order chi connectivity index (χ1) is 9.33. The van der Waals surface area contributed by atoms with Gasteiger partial charge in [-0.05, 0) is 17.6 Å². The lowest BCUT2D eigenvalue weighted by Crippen LogP contribution is -2.60. The van der Waals surface area contributed by atoms with E-state index in [9.17, 15) is 35.1 Å². The summed E-state index contributed by atoms with van der Waals surface area (Å²) in [5.74, 6) is -13.5. The van der Waals surface area contributed by atoms with Gasteiger partial charge in [-0.3, -0.25) is 0 Å². The first-order valence-corrected chi connectivity index (χ1v) is 5.99. The van der Waals surface area contributed by atoms with Crippen molar-refractivity contribution < 1.29 is 39.9 Å². The van der Waals surface area contributed by atoms with Crippen LogP contribution in [-0.2, 0) is 0 Å². The fraction of sp³-hybridized carbons (Fsp3) is 0.400. The van der Waals surface area contributed by atoms with Crippen molar-refractivity contribution in [2.45, 2.75) is 24.4 Å². The summed E-state index contributed by atoms with van der Waals surface area (Å²) >= 11 is 2.96. The normalized spacial score (nSPS) is 13.6. The zero-order chi connectivity index (χ0) is 16.6. The number of hydrogen-bond acceptors (Lipinski definition) is 1. The van der Waals surface area contributed by atoms with Crippen LogP contribution in [0.15, 0.2) is 22.7 Å². The minimum atomic E-state index is -6.40. The molecule has 0 atom stereocenters. The smallest absolute Gasteiger partial charge is 0.428 e. The highest BCUT2D eigenvalue weighted by molar-refractivity contribution is 9.10. The third-order valence-corrected chi connectivity index (χ3v) is 2.93. The number of alkyl halides is 8. The molecule has 0 saturated carbocycles. The van der Waals surface area contributed by atoms with Gasteiger partial charge in [-0.25, -0.2) is 8.78 Å². The molecule has 0 amide bonds. The van der Waals surface area contributed by atoms with E-state index in [0.29, 0.717) is 4.47 Å². The summed E-state index contributed by atoms with van der Waals surface area (Å²) < 4.78 is 105. The maximum absolute atomic E-state index is 13.2. The van der Waals surface area contributed by atoms with Crippen molar-refractivity contribution in [1.82, 2.24) is 0 Å². The minimum Gasteiger partial charge on any atom is -0.428 e. The zero-order valence-electron chi connectivity index (χ0n) is 10.1. The molecule has 21 heavy (non-hydrogen) atoms. The van der Waals surface area contributed by atoms with Gasteiger partial charge in [0.1, 0.15) is 13.6 Å². The second kappa shape index (κ2) is 5.66. The molecule has 0 spiro atoms. The number of halogens is 9. The van der Waals surface area contributed by atoms with E-state index in [1.807, 2.05) is 0 Å². The van der Waals surface area contributed by atoms with Gasteiger partial charge in [0.2, 0.25) is 0 Å². The maximum atomic E-state index is 13.2. The Kier molecular flexibility index (Phi) is 4.86. The highest BCUT2D eigenvalue weighted by atomic mass is 79.9. The number of hydrogen-bond donors (Lipinski definition) is 0. The van der Waals surface area contributed by atoms with Gasteiger partial charge < -0.3 is 4.74 Å². The Morgan fingerprint density at radius 1 is 1.05 bits per heavy atom. The Morgan fingerprint density at radius 2 is 1.57 bits per heavy atom. The van der Waals surface area contributed by atoms with Crippen LogP contribution in [0.5, 0.6) is 5.75 Å². The molecule has 1 aromatic rings. The van der Waals surface area contributed by atoms with Crippen molar-refractivity contribution in [2.75, 3.05) is 0 Å². The monoisotopic (exact) mass is 384 g/mol. The highest BCUT2D eigenvalue weighted by Gasteiger charge is 2.77. The zero-order valence-corrected chi connectivity index (χ0v) is 11.7. The van der Waals surface area contributed by atoms with Gasteiger partial charge in [0.05, 0.1) is 0 Å². The van der Waals surface area contributed by atoms with Gasteiger partial charge in [-0.1, -0.05) is 22.0 Å². The summed E-state index contributed by atoms with van der Waals surface area (Å²) in [7, 11) is 1.18. The summed E-state index contributed by atoms with van der Waals surface area (Å²) in [5, 5.41) is 0. The lowest BCUT2D eigenvalue weighted by atomic mass is 9.95. The molecule has 0 radical (unpaired) electrons. The first kappa shape index (κ1) is 18.1. The van der Waals surface area contributed by atoms with Gasteiger partial charge in [0.15, 0.2) is 0 Å². The lowest BCUT2D eigenvalue weighted by molar-refractivity contribution is -0.389. The predicted molar refractivity (Wildman–Crippen MR) is 63.8 cm³/mol. The molecule has 11 heteroatoms. The molecule has 0 aliphatic rings. The molecule has 1 rings (SSSR count). The van der Waals surface area contributed by atoms with E-state index in [-0.39, 0.29) is 5.46 Å². The van der Waals surface area contributed by atoms with E-state index < -0.39 is 30.1 Å². The van der Waals surface area contributed by atoms with Crippen LogP contribution in [0, 0.1) is 0 Å². The van der Waals surface area contributed by atoms with Gasteiger partial charge in [-0.15, -0.1) is 0 Å². The third kappa shape index (κ3) is 3.27. The molecule has 0 N–H and O–H groups in total. The molecular weight excluding hydrogens is 379 g/mol. The SMILES string of the molecule is Bc1cc(Br)ccc1OC(F)(F)C(F)(F)C(F)(F)C(F)F. The summed E-state index contributed by atoms with van der Waals surface area (Å²) in [5.41, 5.74) is -0.0831. The minimum absolute atomic E-state index is 0.0831. The summed E-state index contributed by atoms with van der Waals surface area (Å²) in [4.78, 5) is 0. The first-order valence-electron chi connectivity index (χ1n) is 5.19. The molecule has 0 saturated heterocycles. The van der Waals surface area contributed by atoms with Crippen molar-refractivity contribution >= 4 is 29.2 Å². The number of benzene rings is 1. The average molecular weight is 385 g/mol. The maximum Gasteiger partial charge on any atom is 0.471 e. The van der Waals surface area contributed by atoms with Crippen molar-refractivity contribution in [2.24, 2.45) is 0 Å². The Hall–Kier alpha value is -0.995. The van der Waals surface area contributed by atoms with Crippen LogP contribution in [0.4, 0.5) is 35.1 Å². The summed E-state index contributed by atoms with van der Waals surface area (Å²) in [6.45, 7) is 0. The van der Waals surface area contributed by atoms with Crippen molar-refractivity contribution in [3.05, 3.63) is 22.7 Å². The molecule has 0 aliphatic carbocycles. The lowest BCUT2D eigenvalue weighted by Gasteiger charge is -2.32. The summed E-state index contributed by atoms with van der Waals surface area (Å²) in [6, 6.07) is 3.13. The molecule has 0 unspecified atom stereocenters. The Bertz CT molecular complexity index is 522. The van der Waals surface area contributed by atoms with Crippen LogP contribution in [0.2, 0.25) is 0 Å². The molecular formula is C10H6BBrF8O. The predicted octanol–water partition coefficient (Wildman–Crippen LogP) is 3.21. The quantitative estimate of drug-likeness (QED) is 0.559. The van der Waals surface area contributed by atoms with Crippen LogP contribution in [0.1, 0.15) is 0 Å². The van der Waals surface area contributed by atoms with E-state index in [2.05, 4.69) is 20.7 Å². The molecule has 0 heterocycles. The van der Waals surface area contributed by atoms with Gasteiger partial charge in [0, 0.05) is 4.47 Å². The molecule has 0 fully saturated rings. The Labute approximate surface area is 122 Å². The van der Waals surface area contributed by atoms with E-state index >= 15 is 0 Å². The number of rotatable bonds is 5. The van der Waals surface area contributed by atoms with Crippen LogP contribution in [0.3, 0.4) is 0 Å². The van der Waals surface area contributed by atoms with Crippen molar-refractivity contribution in [3.8, 4) is 5.75 Å². The second-order valence-electron chi connectivity index (χ2n) is 4.03. The average Bonchev–Trinajstić information content (AvgIpc) is 2.32. The Morgan fingerprint density at radius 3 is 2.00 bits per heavy atom. The van der Waals surface area contributed by atoms with Gasteiger partial charge >= 0.3 is 24.4 Å². The molecule has 0 bridgehead atoms. The standard InChI is InChI=1S/C10H6BBrF8O/c11-5-3-4(12)1-2-6(5)21-10(19,20)9(17,18)8(15,16)7(13)14/h1-3,7H,11H2. The molecule has 0 aromatic heterocycles. The van der Waals surface area contributed by atoms with E-state index in [1.165, 1.54) is 13.9 Å². The van der Waals surface area contributed by atoms with Crippen LogP contribution in [-0.4, -0.2) is 32.2 Å². The largest absolute Gasteiger partial charge is 0.471 e. The highest BCUT2D eigenvalue weighted by Crippen LogP contribution is 2.48. The van der Waals surface area contributed by atoms with E-state index in [4.69, 9.17) is 0 Å². The molecule has 0 aliphatic heterocycles. The fourth-order valence-electron chi connectivity index (χ4n) is 1.26. The van der Waals surface area contributed by atoms with Crippen LogP contribution >= 0.6 is 15.9 Å². The van der Waals surface area contributed by atoms with Gasteiger partial charge in [-0.2, -0.15) is 26.3 Å². The van der Waals surface area contributed by atoms with Crippen molar-refractivity contribution in [3.63, 3.8) is 0 Å². The molecule has 1 nitrogen and oxygen atoms in total. The fourth-order valence-corrected chi connectivity index (χ4v) is 1.74. The number of ether oxygens (including phenoxy) is 1. The van der Waals surface area contributed by atoms with Crippen LogP contribution < -0.4 is 10.2 Å². The molecule has 1 aromatic carbocycles. The molecule has 118 valence electrons.